The summed E-state index contributed by atoms with van der Waals surface area (Å²) in [5, 5.41) is 0. The third-order valence-electron chi connectivity index (χ3n) is 0.902. The van der Waals surface area contributed by atoms with E-state index in [1.165, 1.54) is 6.08 Å². The van der Waals surface area contributed by atoms with Gasteiger partial charge in [0.2, 0.25) is 0 Å². The molecule has 0 bridgehead atoms. The average molecular weight is 174 g/mol. The largest absolute Gasteiger partial charge is 0.451 e. The summed E-state index contributed by atoms with van der Waals surface area (Å²) in [6.45, 7) is 7.55. The number of hydrogen-bond donors (Lipinski definition) is 0. The second kappa shape index (κ2) is 6.28. The van der Waals surface area contributed by atoms with Gasteiger partial charge in [-0.2, -0.15) is 0 Å². The summed E-state index contributed by atoms with van der Waals surface area (Å²) in [7, 11) is 0. The van der Waals surface area contributed by atoms with E-state index in [9.17, 15) is 4.79 Å². The summed E-state index contributed by atoms with van der Waals surface area (Å²) >= 11 is 1.61. The maximum atomic E-state index is 10.5. The molecule has 0 atom stereocenters. The van der Waals surface area contributed by atoms with E-state index in [0.717, 1.165) is 5.75 Å². The second-order valence-corrected chi connectivity index (χ2v) is 3.53. The summed E-state index contributed by atoms with van der Waals surface area (Å²) in [5.74, 6) is 1.75. The van der Waals surface area contributed by atoms with Gasteiger partial charge in [0.05, 0.1) is 0 Å². The van der Waals surface area contributed by atoms with Crippen LogP contribution in [0.25, 0.3) is 0 Å². The monoisotopic (exact) mass is 174 g/mol. The fourth-order valence-corrected chi connectivity index (χ4v) is 1.21. The van der Waals surface area contributed by atoms with Gasteiger partial charge in [-0.1, -0.05) is 20.4 Å². The Morgan fingerprint density at radius 1 is 1.73 bits per heavy atom. The van der Waals surface area contributed by atoms with Crippen molar-refractivity contribution in [3.8, 4) is 0 Å². The van der Waals surface area contributed by atoms with Crippen LogP contribution in [0.3, 0.4) is 0 Å². The van der Waals surface area contributed by atoms with Gasteiger partial charge < -0.3 is 4.74 Å². The molecule has 0 saturated carbocycles. The molecule has 0 fully saturated rings. The Hall–Kier alpha value is -0.440. The van der Waals surface area contributed by atoms with Gasteiger partial charge in [0.1, 0.15) is 5.94 Å². The predicted octanol–water partition coefficient (Wildman–Crippen LogP) is 2.06. The molecular weight excluding hydrogens is 160 g/mol. The summed E-state index contributed by atoms with van der Waals surface area (Å²) in [6.07, 6.45) is 1.18. The number of carbonyl (C=O) groups excluding carboxylic acids is 1. The van der Waals surface area contributed by atoms with Crippen LogP contribution in [0.4, 0.5) is 0 Å². The van der Waals surface area contributed by atoms with Crippen LogP contribution in [0.1, 0.15) is 13.8 Å². The molecule has 11 heavy (non-hydrogen) atoms. The Labute approximate surface area is 72.0 Å². The Kier molecular flexibility index (Phi) is 6.03. The smallest absolute Gasteiger partial charge is 0.330 e. The maximum Gasteiger partial charge on any atom is 0.330 e. The zero-order valence-corrected chi connectivity index (χ0v) is 7.82. The van der Waals surface area contributed by atoms with Crippen LogP contribution in [0.5, 0.6) is 0 Å². The first-order chi connectivity index (χ1) is 5.16. The van der Waals surface area contributed by atoms with Crippen molar-refractivity contribution in [3.63, 3.8) is 0 Å². The molecule has 0 unspecified atom stereocenters. The van der Waals surface area contributed by atoms with Gasteiger partial charge in [-0.3, -0.25) is 0 Å². The molecule has 3 heteroatoms. The van der Waals surface area contributed by atoms with Crippen LogP contribution in [0, 0.1) is 5.92 Å². The van der Waals surface area contributed by atoms with E-state index in [2.05, 4.69) is 20.4 Å². The Morgan fingerprint density at radius 2 is 2.36 bits per heavy atom. The molecule has 0 aromatic rings. The van der Waals surface area contributed by atoms with Crippen LogP contribution in [-0.4, -0.2) is 17.7 Å². The normalized spacial score (nSPS) is 9.73. The van der Waals surface area contributed by atoms with Gasteiger partial charge in [0.25, 0.3) is 0 Å². The van der Waals surface area contributed by atoms with Crippen molar-refractivity contribution in [2.24, 2.45) is 5.92 Å². The van der Waals surface area contributed by atoms with E-state index >= 15 is 0 Å². The number of carbonyl (C=O) groups is 1. The number of esters is 1. The average Bonchev–Trinajstić information content (AvgIpc) is 1.97. The predicted molar refractivity (Wildman–Crippen MR) is 48.5 cm³/mol. The molecular formula is C8H14O2S. The molecule has 0 radical (unpaired) electrons. The third kappa shape index (κ3) is 7.46. The van der Waals surface area contributed by atoms with E-state index in [0.29, 0.717) is 11.9 Å². The van der Waals surface area contributed by atoms with Crippen molar-refractivity contribution in [3.05, 3.63) is 12.7 Å². The molecule has 64 valence electrons. The second-order valence-electron chi connectivity index (χ2n) is 2.55. The minimum Gasteiger partial charge on any atom is -0.451 e. The third-order valence-corrected chi connectivity index (χ3v) is 2.09. The topological polar surface area (TPSA) is 26.3 Å². The lowest BCUT2D eigenvalue weighted by Gasteiger charge is -2.03. The number of rotatable bonds is 5. The van der Waals surface area contributed by atoms with Gasteiger partial charge in [0, 0.05) is 6.08 Å². The highest BCUT2D eigenvalue weighted by Crippen LogP contribution is 2.07. The van der Waals surface area contributed by atoms with Crippen molar-refractivity contribution >= 4 is 17.7 Å². The van der Waals surface area contributed by atoms with E-state index in [-0.39, 0.29) is 5.97 Å². The van der Waals surface area contributed by atoms with Crippen LogP contribution in [0.2, 0.25) is 0 Å². The standard InChI is InChI=1S/C8H14O2S/c1-4-8(9)10-6-11-5-7(2)3/h4,7H,1,5-6H2,2-3H3. The number of thioether (sulfide) groups is 1. The van der Waals surface area contributed by atoms with E-state index in [1.807, 2.05) is 0 Å². The van der Waals surface area contributed by atoms with Crippen LogP contribution in [0.15, 0.2) is 12.7 Å². The summed E-state index contributed by atoms with van der Waals surface area (Å²) in [4.78, 5) is 10.5. The molecule has 0 N–H and O–H groups in total. The van der Waals surface area contributed by atoms with Crippen molar-refractivity contribution in [1.29, 1.82) is 0 Å². The molecule has 0 aliphatic carbocycles. The Morgan fingerprint density at radius 3 is 2.82 bits per heavy atom. The fraction of sp³-hybridized carbons (Fsp3) is 0.625. The van der Waals surface area contributed by atoms with Gasteiger partial charge in [0.15, 0.2) is 0 Å². The van der Waals surface area contributed by atoms with Crippen LogP contribution in [-0.2, 0) is 9.53 Å². The summed E-state index contributed by atoms with van der Waals surface area (Å²) < 4.78 is 4.75. The lowest BCUT2D eigenvalue weighted by atomic mass is 10.3. The van der Waals surface area contributed by atoms with Crippen LogP contribution >= 0.6 is 11.8 Å². The quantitative estimate of drug-likeness (QED) is 0.276. The highest BCUT2D eigenvalue weighted by molar-refractivity contribution is 7.99. The Bertz CT molecular complexity index is 132. The SMILES string of the molecule is C=CC(=O)OCSCC(C)C. The van der Waals surface area contributed by atoms with Gasteiger partial charge in [-0.15, -0.1) is 11.8 Å². The number of ether oxygens (including phenoxy) is 1. The van der Waals surface area contributed by atoms with Gasteiger partial charge in [-0.25, -0.2) is 4.79 Å². The summed E-state index contributed by atoms with van der Waals surface area (Å²) in [5.41, 5.74) is 0. The molecule has 0 heterocycles. The minimum atomic E-state index is -0.346. The van der Waals surface area contributed by atoms with Crippen molar-refractivity contribution in [2.45, 2.75) is 13.8 Å². The van der Waals surface area contributed by atoms with Crippen molar-refractivity contribution in [1.82, 2.24) is 0 Å². The first-order valence-electron chi connectivity index (χ1n) is 3.53. The lowest BCUT2D eigenvalue weighted by Crippen LogP contribution is -2.01. The zero-order valence-electron chi connectivity index (χ0n) is 7.00. The molecule has 0 rings (SSSR count). The lowest BCUT2D eigenvalue weighted by molar-refractivity contribution is -0.135. The van der Waals surface area contributed by atoms with Gasteiger partial charge in [-0.05, 0) is 11.7 Å². The minimum absolute atomic E-state index is 0.346. The Balaban J connectivity index is 3.14. The fourth-order valence-electron chi connectivity index (χ4n) is 0.442. The molecule has 0 amide bonds. The van der Waals surface area contributed by atoms with E-state index < -0.39 is 0 Å². The molecule has 0 saturated heterocycles. The van der Waals surface area contributed by atoms with Gasteiger partial charge >= 0.3 is 5.97 Å². The first kappa shape index (κ1) is 10.6. The first-order valence-corrected chi connectivity index (χ1v) is 4.69. The maximum absolute atomic E-state index is 10.5. The molecule has 2 nitrogen and oxygen atoms in total. The molecule has 0 spiro atoms. The number of hydrogen-bond acceptors (Lipinski definition) is 3. The highest BCUT2D eigenvalue weighted by Gasteiger charge is 1.96. The highest BCUT2D eigenvalue weighted by atomic mass is 32.2. The van der Waals surface area contributed by atoms with E-state index in [1.54, 1.807) is 11.8 Å². The van der Waals surface area contributed by atoms with Crippen molar-refractivity contribution in [2.75, 3.05) is 11.7 Å². The molecule has 0 aromatic heterocycles. The molecule has 0 aromatic carbocycles. The zero-order chi connectivity index (χ0) is 8.69. The molecule has 0 aliphatic rings. The van der Waals surface area contributed by atoms with Crippen LogP contribution < -0.4 is 0 Å². The summed E-state index contributed by atoms with van der Waals surface area (Å²) in [6, 6.07) is 0. The van der Waals surface area contributed by atoms with E-state index in [4.69, 9.17) is 4.74 Å². The van der Waals surface area contributed by atoms with Crippen molar-refractivity contribution < 1.29 is 9.53 Å². The molecule has 0 aliphatic heterocycles.